The molecule has 6 heteroatoms. The molecule has 1 aliphatic rings. The van der Waals surface area contributed by atoms with Crippen LogP contribution >= 0.6 is 0 Å². The molecule has 0 unspecified atom stereocenters. The standard InChI is InChI=1S/C21H22N4O2/c1-15(26)22-13-16-3-2-4-17(11-16)18-5-6-19-20(12-18)24-21(14-23-19)25-7-9-27-10-8-25/h2-6,11-12,14H,7-10,13H2,1H3,(H,22,26). The minimum absolute atomic E-state index is 0.0305. The lowest BCUT2D eigenvalue weighted by molar-refractivity contribution is -0.119. The first-order chi connectivity index (χ1) is 13.2. The van der Waals surface area contributed by atoms with E-state index in [-0.39, 0.29) is 5.91 Å². The topological polar surface area (TPSA) is 67.4 Å². The van der Waals surface area contributed by atoms with Gasteiger partial charge in [-0.1, -0.05) is 24.3 Å². The van der Waals surface area contributed by atoms with Crippen molar-refractivity contribution in [2.45, 2.75) is 13.5 Å². The Kier molecular flexibility index (Phi) is 4.98. The van der Waals surface area contributed by atoms with Gasteiger partial charge in [0.1, 0.15) is 5.82 Å². The summed E-state index contributed by atoms with van der Waals surface area (Å²) >= 11 is 0. The lowest BCUT2D eigenvalue weighted by atomic mass is 10.0. The first-order valence-corrected chi connectivity index (χ1v) is 9.12. The van der Waals surface area contributed by atoms with Crippen LogP contribution in [0.2, 0.25) is 0 Å². The first kappa shape index (κ1) is 17.4. The Hall–Kier alpha value is -2.99. The molecule has 6 nitrogen and oxygen atoms in total. The fraction of sp³-hybridized carbons (Fsp3) is 0.286. The third kappa shape index (κ3) is 4.06. The minimum Gasteiger partial charge on any atom is -0.378 e. The Morgan fingerprint density at radius 3 is 2.74 bits per heavy atom. The molecule has 138 valence electrons. The van der Waals surface area contributed by atoms with Gasteiger partial charge in [-0.3, -0.25) is 9.78 Å². The molecule has 0 saturated carbocycles. The summed E-state index contributed by atoms with van der Waals surface area (Å²) in [4.78, 5) is 22.7. The molecule has 0 aliphatic carbocycles. The molecule has 2 aromatic carbocycles. The van der Waals surface area contributed by atoms with Gasteiger partial charge in [-0.15, -0.1) is 0 Å². The lowest BCUT2D eigenvalue weighted by Gasteiger charge is -2.27. The molecule has 2 heterocycles. The van der Waals surface area contributed by atoms with Crippen molar-refractivity contribution < 1.29 is 9.53 Å². The van der Waals surface area contributed by atoms with Crippen LogP contribution in [-0.4, -0.2) is 42.2 Å². The van der Waals surface area contributed by atoms with Crippen LogP contribution in [0.4, 0.5) is 5.82 Å². The summed E-state index contributed by atoms with van der Waals surface area (Å²) in [7, 11) is 0. The highest BCUT2D eigenvalue weighted by molar-refractivity contribution is 5.82. The molecule has 27 heavy (non-hydrogen) atoms. The van der Waals surface area contributed by atoms with Crippen LogP contribution in [0.3, 0.4) is 0 Å². The fourth-order valence-corrected chi connectivity index (χ4v) is 3.21. The molecule has 1 aromatic heterocycles. The lowest BCUT2D eigenvalue weighted by Crippen LogP contribution is -2.36. The van der Waals surface area contributed by atoms with Crippen LogP contribution < -0.4 is 10.2 Å². The second kappa shape index (κ2) is 7.72. The highest BCUT2D eigenvalue weighted by Crippen LogP contribution is 2.25. The van der Waals surface area contributed by atoms with Gasteiger partial charge in [-0.2, -0.15) is 0 Å². The zero-order valence-electron chi connectivity index (χ0n) is 15.3. The average Bonchev–Trinajstić information content (AvgIpc) is 2.72. The molecule has 1 saturated heterocycles. The number of benzene rings is 2. The van der Waals surface area contributed by atoms with Crippen molar-refractivity contribution in [3.63, 3.8) is 0 Å². The molecule has 0 atom stereocenters. The summed E-state index contributed by atoms with van der Waals surface area (Å²) < 4.78 is 5.42. The van der Waals surface area contributed by atoms with E-state index in [1.54, 1.807) is 0 Å². The third-order valence-corrected chi connectivity index (χ3v) is 4.67. The summed E-state index contributed by atoms with van der Waals surface area (Å²) in [6.07, 6.45) is 1.83. The maximum absolute atomic E-state index is 11.1. The first-order valence-electron chi connectivity index (χ1n) is 9.12. The summed E-state index contributed by atoms with van der Waals surface area (Å²) in [5.74, 6) is 0.861. The maximum atomic E-state index is 11.1. The monoisotopic (exact) mass is 362 g/mol. The van der Waals surface area contributed by atoms with Gasteiger partial charge in [0, 0.05) is 26.6 Å². The molecule has 0 radical (unpaired) electrons. The average molecular weight is 362 g/mol. The molecule has 1 aliphatic heterocycles. The van der Waals surface area contributed by atoms with Gasteiger partial charge in [0.2, 0.25) is 5.91 Å². The van der Waals surface area contributed by atoms with Crippen LogP contribution in [0.25, 0.3) is 22.2 Å². The number of aromatic nitrogens is 2. The molecule has 0 bridgehead atoms. The minimum atomic E-state index is -0.0305. The number of carbonyl (C=O) groups excluding carboxylic acids is 1. The summed E-state index contributed by atoms with van der Waals surface area (Å²) in [5, 5.41) is 2.84. The predicted molar refractivity (Wildman–Crippen MR) is 106 cm³/mol. The van der Waals surface area contributed by atoms with E-state index in [0.717, 1.165) is 59.8 Å². The number of anilines is 1. The van der Waals surface area contributed by atoms with E-state index < -0.39 is 0 Å². The smallest absolute Gasteiger partial charge is 0.217 e. The van der Waals surface area contributed by atoms with Crippen molar-refractivity contribution in [1.82, 2.24) is 15.3 Å². The second-order valence-corrected chi connectivity index (χ2v) is 6.64. The largest absolute Gasteiger partial charge is 0.378 e. The van der Waals surface area contributed by atoms with Crippen molar-refractivity contribution in [3.05, 3.63) is 54.2 Å². The number of amides is 1. The molecule has 1 N–H and O–H groups in total. The van der Waals surface area contributed by atoms with Gasteiger partial charge in [-0.05, 0) is 34.9 Å². The van der Waals surface area contributed by atoms with Crippen molar-refractivity contribution >= 4 is 22.8 Å². The van der Waals surface area contributed by atoms with Crippen LogP contribution in [0, 0.1) is 0 Å². The van der Waals surface area contributed by atoms with Crippen molar-refractivity contribution in [1.29, 1.82) is 0 Å². The quantitative estimate of drug-likeness (QED) is 0.773. The Labute approximate surface area is 158 Å². The Bertz CT molecular complexity index is 967. The molecule has 1 fully saturated rings. The molecule has 1 amide bonds. The van der Waals surface area contributed by atoms with Crippen LogP contribution in [0.15, 0.2) is 48.7 Å². The zero-order valence-corrected chi connectivity index (χ0v) is 15.3. The Balaban J connectivity index is 1.64. The van der Waals surface area contributed by atoms with Gasteiger partial charge in [0.15, 0.2) is 0 Å². The number of nitrogens with zero attached hydrogens (tertiary/aromatic N) is 3. The van der Waals surface area contributed by atoms with Gasteiger partial charge >= 0.3 is 0 Å². The zero-order chi connectivity index (χ0) is 18.6. The molecular formula is C21H22N4O2. The number of nitrogens with one attached hydrogen (secondary N) is 1. The molecule has 3 aromatic rings. The van der Waals surface area contributed by atoms with Crippen LogP contribution in [0.5, 0.6) is 0 Å². The van der Waals surface area contributed by atoms with E-state index in [1.165, 1.54) is 6.92 Å². The second-order valence-electron chi connectivity index (χ2n) is 6.64. The van der Waals surface area contributed by atoms with E-state index in [9.17, 15) is 4.79 Å². The van der Waals surface area contributed by atoms with Crippen molar-refractivity contribution in [2.24, 2.45) is 0 Å². The van der Waals surface area contributed by atoms with Crippen LogP contribution in [0.1, 0.15) is 12.5 Å². The molecular weight excluding hydrogens is 340 g/mol. The van der Waals surface area contributed by atoms with Crippen molar-refractivity contribution in [3.8, 4) is 11.1 Å². The number of fused-ring (bicyclic) bond motifs is 1. The maximum Gasteiger partial charge on any atom is 0.217 e. The number of ether oxygens (including phenoxy) is 1. The normalized spacial score (nSPS) is 14.3. The summed E-state index contributed by atoms with van der Waals surface area (Å²) in [6, 6.07) is 14.3. The van der Waals surface area contributed by atoms with E-state index in [4.69, 9.17) is 9.72 Å². The highest BCUT2D eigenvalue weighted by atomic mass is 16.5. The number of morpholine rings is 1. The molecule has 0 spiro atoms. The highest BCUT2D eigenvalue weighted by Gasteiger charge is 2.13. The van der Waals surface area contributed by atoms with Gasteiger partial charge in [-0.25, -0.2) is 4.98 Å². The summed E-state index contributed by atoms with van der Waals surface area (Å²) in [5.41, 5.74) is 5.00. The van der Waals surface area contributed by atoms with E-state index in [2.05, 4.69) is 39.5 Å². The van der Waals surface area contributed by atoms with E-state index >= 15 is 0 Å². The van der Waals surface area contributed by atoms with Gasteiger partial charge in [0.25, 0.3) is 0 Å². The van der Waals surface area contributed by atoms with E-state index in [0.29, 0.717) is 6.54 Å². The SMILES string of the molecule is CC(=O)NCc1cccc(-c2ccc3ncc(N4CCOCC4)nc3c2)c1. The van der Waals surface area contributed by atoms with Gasteiger partial charge < -0.3 is 15.0 Å². The Morgan fingerprint density at radius 1 is 1.11 bits per heavy atom. The third-order valence-electron chi connectivity index (χ3n) is 4.67. The van der Waals surface area contributed by atoms with Crippen molar-refractivity contribution in [2.75, 3.05) is 31.2 Å². The van der Waals surface area contributed by atoms with Crippen LogP contribution in [-0.2, 0) is 16.1 Å². The number of hydrogen-bond acceptors (Lipinski definition) is 5. The molecule has 4 rings (SSSR count). The number of hydrogen-bond donors (Lipinski definition) is 1. The summed E-state index contributed by atoms with van der Waals surface area (Å²) in [6.45, 7) is 5.17. The number of carbonyl (C=O) groups is 1. The fourth-order valence-electron chi connectivity index (χ4n) is 3.21. The van der Waals surface area contributed by atoms with Gasteiger partial charge in [0.05, 0.1) is 30.4 Å². The van der Waals surface area contributed by atoms with E-state index in [1.807, 2.05) is 24.4 Å². The number of rotatable bonds is 4. The Morgan fingerprint density at radius 2 is 1.93 bits per heavy atom. The predicted octanol–water partition coefficient (Wildman–Crippen LogP) is 2.77.